The molecule has 0 saturated heterocycles. The molecule has 0 saturated carbocycles. The van der Waals surface area contributed by atoms with Gasteiger partial charge in [0.1, 0.15) is 22.7 Å². The van der Waals surface area contributed by atoms with E-state index in [0.717, 1.165) is 22.2 Å². The molecule has 1 N–H and O–H groups in total. The Labute approximate surface area is 153 Å². The van der Waals surface area contributed by atoms with Gasteiger partial charge in [-0.25, -0.2) is 4.68 Å². The van der Waals surface area contributed by atoms with Crippen LogP contribution >= 0.6 is 11.3 Å². The van der Waals surface area contributed by atoms with Gasteiger partial charge in [-0.3, -0.25) is 14.0 Å². The third kappa shape index (κ3) is 3.01. The molecule has 4 aromatic rings. The lowest BCUT2D eigenvalue weighted by atomic mass is 10.1. The summed E-state index contributed by atoms with van der Waals surface area (Å²) >= 11 is 1.57. The molecule has 132 valence electrons. The van der Waals surface area contributed by atoms with Gasteiger partial charge in [0.15, 0.2) is 0 Å². The number of nitrogens with one attached hydrogen (secondary N) is 1. The van der Waals surface area contributed by atoms with Crippen molar-refractivity contribution in [3.63, 3.8) is 0 Å². The maximum Gasteiger partial charge on any atom is 0.291 e. The molecule has 0 spiro atoms. The number of rotatable bonds is 5. The van der Waals surface area contributed by atoms with Crippen LogP contribution in [0.5, 0.6) is 0 Å². The summed E-state index contributed by atoms with van der Waals surface area (Å²) in [5.41, 5.74) is 1.46. The molecule has 3 aromatic heterocycles. The van der Waals surface area contributed by atoms with Crippen molar-refractivity contribution >= 4 is 33.0 Å². The number of benzene rings is 1. The minimum absolute atomic E-state index is 0.0796. The predicted molar refractivity (Wildman–Crippen MR) is 103 cm³/mol. The van der Waals surface area contributed by atoms with Crippen LogP contribution < -0.4 is 10.9 Å². The largest absolute Gasteiger partial charge is 0.354 e. The first-order valence-corrected chi connectivity index (χ1v) is 9.28. The first-order valence-electron chi connectivity index (χ1n) is 8.40. The van der Waals surface area contributed by atoms with Crippen LogP contribution in [-0.2, 0) is 17.8 Å². The molecule has 6 nitrogen and oxygen atoms in total. The Morgan fingerprint density at radius 1 is 1.23 bits per heavy atom. The second-order valence-corrected chi connectivity index (χ2v) is 7.04. The predicted octanol–water partition coefficient (Wildman–Crippen LogP) is 2.38. The molecule has 7 heteroatoms. The lowest BCUT2D eigenvalue weighted by Gasteiger charge is -2.09. The van der Waals surface area contributed by atoms with Gasteiger partial charge < -0.3 is 5.32 Å². The van der Waals surface area contributed by atoms with Crippen molar-refractivity contribution in [2.24, 2.45) is 0 Å². The Morgan fingerprint density at radius 3 is 2.85 bits per heavy atom. The van der Waals surface area contributed by atoms with Crippen molar-refractivity contribution in [2.45, 2.75) is 19.9 Å². The van der Waals surface area contributed by atoms with Crippen LogP contribution in [0.15, 0.2) is 52.6 Å². The Hall–Kier alpha value is -2.93. The summed E-state index contributed by atoms with van der Waals surface area (Å²) in [5, 5.41) is 10.2. The van der Waals surface area contributed by atoms with E-state index in [1.54, 1.807) is 11.3 Å². The fraction of sp³-hybridized carbons (Fsp3) is 0.211. The summed E-state index contributed by atoms with van der Waals surface area (Å²) in [6.07, 6.45) is 0.752. The highest BCUT2D eigenvalue weighted by Crippen LogP contribution is 2.24. The minimum atomic E-state index is -0.253. The third-order valence-corrected chi connectivity index (χ3v) is 5.24. The van der Waals surface area contributed by atoms with Gasteiger partial charge in [0.25, 0.3) is 5.56 Å². The van der Waals surface area contributed by atoms with Crippen LogP contribution in [0.25, 0.3) is 15.7 Å². The molecule has 26 heavy (non-hydrogen) atoms. The number of aryl methyl sites for hydroxylation is 1. The average Bonchev–Trinajstić information content (AvgIpc) is 3.21. The number of carbonyl (C=O) groups is 1. The van der Waals surface area contributed by atoms with Crippen LogP contribution in [-0.4, -0.2) is 26.6 Å². The number of amides is 1. The fourth-order valence-electron chi connectivity index (χ4n) is 3.09. The Morgan fingerprint density at radius 2 is 2.04 bits per heavy atom. The average molecular weight is 366 g/mol. The van der Waals surface area contributed by atoms with Crippen LogP contribution in [0.4, 0.5) is 0 Å². The van der Waals surface area contributed by atoms with E-state index < -0.39 is 0 Å². The van der Waals surface area contributed by atoms with E-state index in [0.29, 0.717) is 17.9 Å². The van der Waals surface area contributed by atoms with E-state index in [9.17, 15) is 9.59 Å². The van der Waals surface area contributed by atoms with E-state index in [1.807, 2.05) is 59.2 Å². The Balaban J connectivity index is 1.50. The zero-order chi connectivity index (χ0) is 18.1. The zero-order valence-electron chi connectivity index (χ0n) is 14.3. The summed E-state index contributed by atoms with van der Waals surface area (Å²) in [5.74, 6) is 0.474. The molecule has 4 rings (SSSR count). The van der Waals surface area contributed by atoms with Gasteiger partial charge in [-0.1, -0.05) is 30.3 Å². The van der Waals surface area contributed by atoms with Gasteiger partial charge in [0.2, 0.25) is 5.91 Å². The number of thiophene rings is 1. The van der Waals surface area contributed by atoms with Crippen molar-refractivity contribution in [1.29, 1.82) is 0 Å². The third-order valence-electron chi connectivity index (χ3n) is 4.33. The second-order valence-electron chi connectivity index (χ2n) is 6.14. The van der Waals surface area contributed by atoms with Gasteiger partial charge in [-0.15, -0.1) is 11.3 Å². The van der Waals surface area contributed by atoms with E-state index >= 15 is 0 Å². The van der Waals surface area contributed by atoms with Crippen molar-refractivity contribution in [3.05, 3.63) is 69.6 Å². The Bertz CT molecular complexity index is 1140. The van der Waals surface area contributed by atoms with Crippen LogP contribution in [0, 0.1) is 6.92 Å². The molecule has 0 atom stereocenters. The molecule has 0 aliphatic rings. The van der Waals surface area contributed by atoms with Gasteiger partial charge in [0.05, 0.1) is 0 Å². The lowest BCUT2D eigenvalue weighted by molar-refractivity contribution is -0.121. The first kappa shape index (κ1) is 16.5. The van der Waals surface area contributed by atoms with Crippen LogP contribution in [0.1, 0.15) is 11.4 Å². The molecular formula is C19H18N4O2S. The van der Waals surface area contributed by atoms with Gasteiger partial charge in [0, 0.05) is 11.9 Å². The highest BCUT2D eigenvalue weighted by atomic mass is 32.1. The highest BCUT2D eigenvalue weighted by Gasteiger charge is 2.14. The maximum atomic E-state index is 12.7. The summed E-state index contributed by atoms with van der Waals surface area (Å²) in [4.78, 5) is 25.9. The molecule has 1 aromatic carbocycles. The molecular weight excluding hydrogens is 348 g/mol. The summed E-state index contributed by atoms with van der Waals surface area (Å²) < 4.78 is 3.10. The van der Waals surface area contributed by atoms with E-state index in [4.69, 9.17) is 0 Å². The minimum Gasteiger partial charge on any atom is -0.354 e. The summed E-state index contributed by atoms with van der Waals surface area (Å²) in [6, 6.07) is 13.8. The van der Waals surface area contributed by atoms with Crippen molar-refractivity contribution < 1.29 is 4.79 Å². The summed E-state index contributed by atoms with van der Waals surface area (Å²) in [7, 11) is 0. The normalized spacial score (nSPS) is 11.3. The van der Waals surface area contributed by atoms with E-state index in [-0.39, 0.29) is 18.0 Å². The number of fused-ring (bicyclic) bond motifs is 3. The van der Waals surface area contributed by atoms with Crippen molar-refractivity contribution in [1.82, 2.24) is 19.5 Å². The lowest BCUT2D eigenvalue weighted by Crippen LogP contribution is -2.35. The molecule has 0 bridgehead atoms. The SMILES string of the molecule is Cc1nn(CC(=O)NCCc2ccccc2)c(=O)c2cc3ccsc3n12. The van der Waals surface area contributed by atoms with Crippen molar-refractivity contribution in [2.75, 3.05) is 6.54 Å². The number of hydrogen-bond donors (Lipinski definition) is 1. The molecule has 0 fully saturated rings. The van der Waals surface area contributed by atoms with Crippen LogP contribution in [0.2, 0.25) is 0 Å². The number of nitrogens with zero attached hydrogens (tertiary/aromatic N) is 3. The molecule has 0 aliphatic heterocycles. The number of hydrogen-bond acceptors (Lipinski definition) is 4. The maximum absolute atomic E-state index is 12.7. The van der Waals surface area contributed by atoms with E-state index in [1.165, 1.54) is 4.68 Å². The molecule has 1 amide bonds. The smallest absolute Gasteiger partial charge is 0.291 e. The van der Waals surface area contributed by atoms with Gasteiger partial charge >= 0.3 is 0 Å². The second kappa shape index (κ2) is 6.76. The Kier molecular flexibility index (Phi) is 4.30. The van der Waals surface area contributed by atoms with E-state index in [2.05, 4.69) is 10.4 Å². The van der Waals surface area contributed by atoms with Gasteiger partial charge in [-0.2, -0.15) is 5.10 Å². The quantitative estimate of drug-likeness (QED) is 0.590. The summed E-state index contributed by atoms with van der Waals surface area (Å²) in [6.45, 7) is 2.29. The molecule has 0 aliphatic carbocycles. The molecule has 0 radical (unpaired) electrons. The molecule has 3 heterocycles. The molecule has 0 unspecified atom stereocenters. The highest BCUT2D eigenvalue weighted by molar-refractivity contribution is 7.16. The van der Waals surface area contributed by atoms with Gasteiger partial charge in [-0.05, 0) is 36.4 Å². The monoisotopic (exact) mass is 366 g/mol. The first-order chi connectivity index (χ1) is 12.6. The van der Waals surface area contributed by atoms with Crippen molar-refractivity contribution in [3.8, 4) is 0 Å². The standard InChI is InChI=1S/C19H18N4O2S/c1-13-21-22(12-17(24)20-9-7-14-5-3-2-4-6-14)18(25)16-11-15-8-10-26-19(15)23(13)16/h2-6,8,10-11H,7,9,12H2,1H3,(H,20,24). The van der Waals surface area contributed by atoms with Crippen LogP contribution in [0.3, 0.4) is 0 Å². The number of carbonyl (C=O) groups excluding carboxylic acids is 1. The topological polar surface area (TPSA) is 68.4 Å². The number of aromatic nitrogens is 3. The fourth-order valence-corrected chi connectivity index (χ4v) is 4.03. The zero-order valence-corrected chi connectivity index (χ0v) is 15.1.